The molecule has 0 spiro atoms. The van der Waals surface area contributed by atoms with E-state index in [1.165, 1.54) is 29.1 Å². The second-order valence-electron chi connectivity index (χ2n) is 6.70. The minimum atomic E-state index is 0.315. The summed E-state index contributed by atoms with van der Waals surface area (Å²) < 4.78 is 0. The van der Waals surface area contributed by atoms with Gasteiger partial charge in [-0.2, -0.15) is 0 Å². The van der Waals surface area contributed by atoms with Gasteiger partial charge in [-0.25, -0.2) is 9.97 Å². The molecule has 2 aromatic heterocycles. The number of nitrogens with one attached hydrogen (secondary N) is 1. The van der Waals surface area contributed by atoms with E-state index in [-0.39, 0.29) is 0 Å². The molecule has 6 heteroatoms. The molecular weight excluding hydrogens is 320 g/mol. The number of hydrogen-bond acceptors (Lipinski definition) is 6. The summed E-state index contributed by atoms with van der Waals surface area (Å²) in [5.41, 5.74) is 2.48. The van der Waals surface area contributed by atoms with E-state index in [9.17, 15) is 5.11 Å². The molecule has 4 rings (SSSR count). The molecule has 24 heavy (non-hydrogen) atoms. The standard InChI is InChI=1S/C18H24N4OS/c23-12-13-6-8-22(9-7-13)14-4-5-17(19-10-14)20-11-18-21-15-2-1-3-16(15)24-18/h4-5,10,13,23H,1-3,6-9,11-12H2,(H,19,20). The Kier molecular flexibility index (Phi) is 4.67. The number of pyridine rings is 1. The fourth-order valence-electron chi connectivity index (χ4n) is 3.54. The first-order valence-electron chi connectivity index (χ1n) is 8.85. The molecule has 1 aliphatic heterocycles. The summed E-state index contributed by atoms with van der Waals surface area (Å²) in [6, 6.07) is 4.19. The average molecular weight is 344 g/mol. The van der Waals surface area contributed by atoms with Crippen molar-refractivity contribution >= 4 is 22.8 Å². The van der Waals surface area contributed by atoms with Crippen molar-refractivity contribution in [2.45, 2.75) is 38.6 Å². The van der Waals surface area contributed by atoms with Gasteiger partial charge in [0.2, 0.25) is 0 Å². The van der Waals surface area contributed by atoms with Crippen molar-refractivity contribution in [3.8, 4) is 0 Å². The minimum absolute atomic E-state index is 0.315. The molecule has 2 N–H and O–H groups in total. The Morgan fingerprint density at radius 2 is 2.12 bits per heavy atom. The Morgan fingerprint density at radius 1 is 1.25 bits per heavy atom. The van der Waals surface area contributed by atoms with Crippen molar-refractivity contribution in [2.75, 3.05) is 29.9 Å². The van der Waals surface area contributed by atoms with Crippen molar-refractivity contribution in [1.29, 1.82) is 0 Å². The van der Waals surface area contributed by atoms with Gasteiger partial charge in [-0.3, -0.25) is 0 Å². The number of hydrogen-bond donors (Lipinski definition) is 2. The molecule has 1 saturated heterocycles. The van der Waals surface area contributed by atoms with Crippen LogP contribution in [0.4, 0.5) is 11.5 Å². The van der Waals surface area contributed by atoms with E-state index in [1.807, 2.05) is 17.5 Å². The highest BCUT2D eigenvalue weighted by Crippen LogP contribution is 2.28. The topological polar surface area (TPSA) is 61.3 Å². The van der Waals surface area contributed by atoms with Gasteiger partial charge in [0.05, 0.1) is 24.1 Å². The van der Waals surface area contributed by atoms with Crippen LogP contribution in [0.5, 0.6) is 0 Å². The Balaban J connectivity index is 1.32. The predicted molar refractivity (Wildman–Crippen MR) is 97.7 cm³/mol. The van der Waals surface area contributed by atoms with E-state index in [0.29, 0.717) is 12.5 Å². The highest BCUT2D eigenvalue weighted by Gasteiger charge is 2.19. The molecule has 2 aliphatic rings. The van der Waals surface area contributed by atoms with Crippen molar-refractivity contribution in [2.24, 2.45) is 5.92 Å². The maximum absolute atomic E-state index is 9.23. The lowest BCUT2D eigenvalue weighted by Crippen LogP contribution is -2.34. The molecule has 128 valence electrons. The van der Waals surface area contributed by atoms with E-state index in [2.05, 4.69) is 27.3 Å². The molecule has 3 heterocycles. The van der Waals surface area contributed by atoms with Crippen LogP contribution < -0.4 is 10.2 Å². The normalized spacial score (nSPS) is 18.0. The van der Waals surface area contributed by atoms with Crippen LogP contribution in [0.15, 0.2) is 18.3 Å². The summed E-state index contributed by atoms with van der Waals surface area (Å²) in [4.78, 5) is 13.1. The first kappa shape index (κ1) is 15.8. The first-order valence-corrected chi connectivity index (χ1v) is 9.66. The van der Waals surface area contributed by atoms with E-state index in [4.69, 9.17) is 4.98 Å². The molecule has 0 atom stereocenters. The van der Waals surface area contributed by atoms with Gasteiger partial charge < -0.3 is 15.3 Å². The van der Waals surface area contributed by atoms with Gasteiger partial charge in [0.1, 0.15) is 10.8 Å². The van der Waals surface area contributed by atoms with E-state index in [0.717, 1.165) is 49.7 Å². The van der Waals surface area contributed by atoms with Gasteiger partial charge in [0, 0.05) is 24.6 Å². The fourth-order valence-corrected chi connectivity index (χ4v) is 4.63. The maximum Gasteiger partial charge on any atom is 0.126 e. The highest BCUT2D eigenvalue weighted by molar-refractivity contribution is 7.11. The number of aromatic nitrogens is 2. The van der Waals surface area contributed by atoms with Crippen LogP contribution in [0.2, 0.25) is 0 Å². The van der Waals surface area contributed by atoms with E-state index >= 15 is 0 Å². The Morgan fingerprint density at radius 3 is 2.83 bits per heavy atom. The molecule has 1 fully saturated rings. The fraction of sp³-hybridized carbons (Fsp3) is 0.556. The zero-order valence-electron chi connectivity index (χ0n) is 13.9. The smallest absolute Gasteiger partial charge is 0.126 e. The molecule has 0 aromatic carbocycles. The van der Waals surface area contributed by atoms with Crippen LogP contribution in [0.3, 0.4) is 0 Å². The summed E-state index contributed by atoms with van der Waals surface area (Å²) >= 11 is 1.84. The van der Waals surface area contributed by atoms with Gasteiger partial charge in [-0.05, 0) is 50.2 Å². The number of piperidine rings is 1. The summed E-state index contributed by atoms with van der Waals surface area (Å²) in [5, 5.41) is 13.8. The van der Waals surface area contributed by atoms with Crippen molar-refractivity contribution in [1.82, 2.24) is 9.97 Å². The predicted octanol–water partition coefficient (Wildman–Crippen LogP) is 2.85. The summed E-state index contributed by atoms with van der Waals surface area (Å²) in [6.45, 7) is 3.08. The van der Waals surface area contributed by atoms with Gasteiger partial charge in [-0.15, -0.1) is 11.3 Å². The number of rotatable bonds is 5. The summed E-state index contributed by atoms with van der Waals surface area (Å²) in [7, 11) is 0. The number of aliphatic hydroxyl groups excluding tert-OH is 1. The lowest BCUT2D eigenvalue weighted by Gasteiger charge is -2.32. The van der Waals surface area contributed by atoms with Crippen LogP contribution in [0, 0.1) is 5.92 Å². The maximum atomic E-state index is 9.23. The lowest BCUT2D eigenvalue weighted by atomic mass is 9.98. The molecule has 0 bridgehead atoms. The van der Waals surface area contributed by atoms with Crippen molar-refractivity contribution in [3.05, 3.63) is 33.9 Å². The van der Waals surface area contributed by atoms with Gasteiger partial charge in [0.15, 0.2) is 0 Å². The monoisotopic (exact) mass is 344 g/mol. The van der Waals surface area contributed by atoms with E-state index in [1.54, 1.807) is 0 Å². The Labute approximate surface area is 146 Å². The zero-order valence-corrected chi connectivity index (χ0v) is 14.7. The van der Waals surface area contributed by atoms with Gasteiger partial charge in [-0.1, -0.05) is 0 Å². The van der Waals surface area contributed by atoms with Crippen LogP contribution in [0.25, 0.3) is 0 Å². The molecule has 0 unspecified atom stereocenters. The molecular formula is C18H24N4OS. The molecule has 1 aliphatic carbocycles. The third-order valence-electron chi connectivity index (χ3n) is 5.05. The molecule has 0 amide bonds. The Bertz CT molecular complexity index is 655. The van der Waals surface area contributed by atoms with Gasteiger partial charge >= 0.3 is 0 Å². The quantitative estimate of drug-likeness (QED) is 0.873. The van der Waals surface area contributed by atoms with E-state index < -0.39 is 0 Å². The average Bonchev–Trinajstić information content (AvgIpc) is 3.22. The third-order valence-corrected chi connectivity index (χ3v) is 6.20. The Hall–Kier alpha value is -1.66. The SMILES string of the molecule is OCC1CCN(c2ccc(NCc3nc4c(s3)CCC4)nc2)CC1. The van der Waals surface area contributed by atoms with Crippen LogP contribution in [-0.2, 0) is 19.4 Å². The summed E-state index contributed by atoms with van der Waals surface area (Å²) in [6.07, 6.45) is 7.68. The summed E-state index contributed by atoms with van der Waals surface area (Å²) in [5.74, 6) is 1.37. The largest absolute Gasteiger partial charge is 0.396 e. The lowest BCUT2D eigenvalue weighted by molar-refractivity contribution is 0.203. The van der Waals surface area contributed by atoms with Crippen LogP contribution in [-0.4, -0.2) is 34.8 Å². The molecule has 5 nitrogen and oxygen atoms in total. The third kappa shape index (κ3) is 3.39. The molecule has 0 radical (unpaired) electrons. The van der Waals surface area contributed by atoms with Crippen molar-refractivity contribution in [3.63, 3.8) is 0 Å². The second kappa shape index (κ2) is 7.07. The second-order valence-corrected chi connectivity index (χ2v) is 7.87. The number of aryl methyl sites for hydroxylation is 2. The number of fused-ring (bicyclic) bond motifs is 1. The van der Waals surface area contributed by atoms with Crippen LogP contribution in [0.1, 0.15) is 34.8 Å². The molecule has 2 aromatic rings. The first-order chi connectivity index (χ1) is 11.8. The number of thiazole rings is 1. The van der Waals surface area contributed by atoms with Gasteiger partial charge in [0.25, 0.3) is 0 Å². The number of aliphatic hydroxyl groups is 1. The molecule has 0 saturated carbocycles. The zero-order chi connectivity index (χ0) is 16.4. The number of anilines is 2. The number of nitrogens with zero attached hydrogens (tertiary/aromatic N) is 3. The minimum Gasteiger partial charge on any atom is -0.396 e. The van der Waals surface area contributed by atoms with Crippen molar-refractivity contribution < 1.29 is 5.11 Å². The van der Waals surface area contributed by atoms with Crippen LogP contribution >= 0.6 is 11.3 Å². The highest BCUT2D eigenvalue weighted by atomic mass is 32.1.